The minimum atomic E-state index is -3.84. The standard InChI is InChI=1S/C38H48N4O9S/c1-23(2)50-34-19-33(28-14-15-32(49-4)24(3)35(28)40-34)51-26-18-30-31(44)21-38(37(46)41-52(47,48)27-12-13-27)20-25(38)10-8-6-5-7-9-11-29(39-16-17-43)36(45)42(30)22-26/h8,10,14-17,19,23,25-27,29-30H,5-7,9,11-13,18,20-22H2,1-4H3,(H,41,46)/b10-8-,39-16?/t25-,26+,29-,30-,38+/m0/s1. The number of Topliss-reactive ketones (excluding diaryl/α,β-unsaturated/α-hetero) is 1. The maximum Gasteiger partial charge on any atom is 0.248 e. The van der Waals surface area contributed by atoms with Crippen LogP contribution in [0.2, 0.25) is 0 Å². The molecule has 6 rings (SSSR count). The summed E-state index contributed by atoms with van der Waals surface area (Å²) in [5, 5.41) is 0.105. The Bertz CT molecular complexity index is 1890. The number of benzene rings is 1. The van der Waals surface area contributed by atoms with Gasteiger partial charge in [0.1, 0.15) is 23.6 Å². The summed E-state index contributed by atoms with van der Waals surface area (Å²) < 4.78 is 46.1. The molecule has 5 atom stereocenters. The molecule has 4 aliphatic rings. The number of pyridine rings is 1. The van der Waals surface area contributed by atoms with E-state index in [1.165, 1.54) is 4.90 Å². The van der Waals surface area contributed by atoms with Gasteiger partial charge in [0.05, 0.1) is 48.2 Å². The lowest BCUT2D eigenvalue weighted by molar-refractivity contribution is -0.140. The topological polar surface area (TPSA) is 171 Å². The Labute approximate surface area is 304 Å². The van der Waals surface area contributed by atoms with Crippen molar-refractivity contribution >= 4 is 51.0 Å². The summed E-state index contributed by atoms with van der Waals surface area (Å²) in [4.78, 5) is 64.2. The molecule has 2 amide bonds. The number of nitrogens with zero attached hydrogens (tertiary/aromatic N) is 3. The summed E-state index contributed by atoms with van der Waals surface area (Å²) in [5.74, 6) is -0.277. The molecule has 1 aromatic heterocycles. The lowest BCUT2D eigenvalue weighted by Gasteiger charge is -2.27. The van der Waals surface area contributed by atoms with E-state index in [0.29, 0.717) is 66.7 Å². The number of rotatable bonds is 10. The molecular formula is C38H48N4O9S. The molecule has 3 heterocycles. The predicted octanol–water partition coefficient (Wildman–Crippen LogP) is 4.42. The monoisotopic (exact) mass is 736 g/mol. The van der Waals surface area contributed by atoms with E-state index in [0.717, 1.165) is 31.0 Å². The van der Waals surface area contributed by atoms with Crippen molar-refractivity contribution in [3.63, 3.8) is 0 Å². The number of ether oxygens (including phenoxy) is 3. The zero-order valence-electron chi connectivity index (χ0n) is 30.2. The maximum atomic E-state index is 14.4. The Hall–Kier alpha value is -4.33. The molecule has 1 N–H and O–H groups in total. The van der Waals surface area contributed by atoms with Gasteiger partial charge in [-0.05, 0) is 77.3 Å². The first kappa shape index (κ1) is 37.4. The van der Waals surface area contributed by atoms with Gasteiger partial charge in [-0.15, -0.1) is 0 Å². The largest absolute Gasteiger partial charge is 0.496 e. The van der Waals surface area contributed by atoms with E-state index in [2.05, 4.69) is 9.71 Å². The van der Waals surface area contributed by atoms with Gasteiger partial charge in [0.25, 0.3) is 0 Å². The number of amides is 2. The summed E-state index contributed by atoms with van der Waals surface area (Å²) in [6.45, 7) is 5.73. The van der Waals surface area contributed by atoms with Crippen LogP contribution in [0.5, 0.6) is 17.4 Å². The number of sulfonamides is 1. The third-order valence-electron chi connectivity index (χ3n) is 10.5. The minimum Gasteiger partial charge on any atom is -0.496 e. The van der Waals surface area contributed by atoms with Crippen LogP contribution in [0.15, 0.2) is 35.3 Å². The maximum absolute atomic E-state index is 14.4. The number of aromatic nitrogens is 1. The molecule has 52 heavy (non-hydrogen) atoms. The van der Waals surface area contributed by atoms with Gasteiger partial charge in [-0.1, -0.05) is 25.0 Å². The molecule has 2 aliphatic heterocycles. The SMILES string of the molecule is COc1ccc2c(O[C@@H]3C[C@H]4C(=O)C[C@]5(C(=O)NS(=O)(=O)C6CC6)C[C@@H]5/C=C\CCCCC[C@H](N=CC=O)C(=O)N4C3)cc(OC(C)C)nc2c1C. The Kier molecular flexibility index (Phi) is 11.0. The van der Waals surface area contributed by atoms with Crippen LogP contribution in [0.4, 0.5) is 0 Å². The van der Waals surface area contributed by atoms with Crippen LogP contribution < -0.4 is 18.9 Å². The van der Waals surface area contributed by atoms with Crippen molar-refractivity contribution in [2.75, 3.05) is 13.7 Å². The van der Waals surface area contributed by atoms with Gasteiger partial charge in [0, 0.05) is 29.9 Å². The molecule has 1 aromatic carbocycles. The average Bonchev–Trinajstić information content (AvgIpc) is 4.02. The van der Waals surface area contributed by atoms with Crippen LogP contribution in [0, 0.1) is 18.3 Å². The first-order chi connectivity index (χ1) is 24.9. The quantitative estimate of drug-likeness (QED) is 0.209. The summed E-state index contributed by atoms with van der Waals surface area (Å²) >= 11 is 0. The van der Waals surface area contributed by atoms with Crippen LogP contribution in [0.3, 0.4) is 0 Å². The Balaban J connectivity index is 1.34. The molecule has 0 spiro atoms. The van der Waals surface area contributed by atoms with Crippen molar-refractivity contribution in [3.05, 3.63) is 35.9 Å². The number of nitrogens with one attached hydrogen (secondary N) is 1. The van der Waals surface area contributed by atoms with Crippen molar-refractivity contribution in [3.8, 4) is 17.4 Å². The normalized spacial score (nSPS) is 27.8. The third kappa shape index (κ3) is 8.01. The van der Waals surface area contributed by atoms with E-state index in [9.17, 15) is 27.6 Å². The Morgan fingerprint density at radius 1 is 1.13 bits per heavy atom. The fourth-order valence-electron chi connectivity index (χ4n) is 7.47. The summed E-state index contributed by atoms with van der Waals surface area (Å²) in [6.07, 6.45) is 9.42. The van der Waals surface area contributed by atoms with Gasteiger partial charge in [-0.2, -0.15) is 0 Å². The zero-order valence-corrected chi connectivity index (χ0v) is 31.0. The van der Waals surface area contributed by atoms with Crippen molar-refractivity contribution in [2.24, 2.45) is 16.3 Å². The van der Waals surface area contributed by atoms with Crippen molar-refractivity contribution in [1.29, 1.82) is 0 Å². The summed E-state index contributed by atoms with van der Waals surface area (Å²) in [6, 6.07) is 3.53. The molecule has 2 aromatic rings. The number of aliphatic imine (C=N–C) groups is 1. The second-order valence-corrected chi connectivity index (χ2v) is 16.7. The second-order valence-electron chi connectivity index (χ2n) is 14.7. The van der Waals surface area contributed by atoms with E-state index in [4.69, 9.17) is 19.2 Å². The molecule has 13 nitrogen and oxygen atoms in total. The van der Waals surface area contributed by atoms with Gasteiger partial charge in [0.2, 0.25) is 27.7 Å². The Morgan fingerprint density at radius 3 is 2.63 bits per heavy atom. The highest BCUT2D eigenvalue weighted by atomic mass is 32.2. The lowest BCUT2D eigenvalue weighted by atomic mass is 9.91. The molecule has 1 saturated heterocycles. The third-order valence-corrected chi connectivity index (χ3v) is 12.3. The zero-order chi connectivity index (χ0) is 37.2. The summed E-state index contributed by atoms with van der Waals surface area (Å²) in [7, 11) is -2.26. The molecule has 2 aliphatic carbocycles. The van der Waals surface area contributed by atoms with E-state index >= 15 is 0 Å². The van der Waals surface area contributed by atoms with Gasteiger partial charge in [0.15, 0.2) is 12.1 Å². The van der Waals surface area contributed by atoms with Crippen LogP contribution >= 0.6 is 0 Å². The molecule has 280 valence electrons. The van der Waals surface area contributed by atoms with E-state index in [-0.39, 0.29) is 37.2 Å². The highest BCUT2D eigenvalue weighted by Crippen LogP contribution is 2.57. The van der Waals surface area contributed by atoms with Crippen LogP contribution in [0.1, 0.15) is 83.6 Å². The molecule has 0 radical (unpaired) electrons. The van der Waals surface area contributed by atoms with Crippen LogP contribution in [0.25, 0.3) is 10.9 Å². The number of ketones is 1. The highest BCUT2D eigenvalue weighted by Gasteiger charge is 2.61. The van der Waals surface area contributed by atoms with E-state index < -0.39 is 50.7 Å². The van der Waals surface area contributed by atoms with Crippen molar-refractivity contribution < 1.29 is 41.8 Å². The van der Waals surface area contributed by atoms with E-state index in [1.807, 2.05) is 45.1 Å². The Morgan fingerprint density at radius 2 is 1.92 bits per heavy atom. The number of fused-ring (bicyclic) bond motifs is 3. The molecular weight excluding hydrogens is 689 g/mol. The fourth-order valence-corrected chi connectivity index (χ4v) is 8.85. The highest BCUT2D eigenvalue weighted by molar-refractivity contribution is 7.90. The number of carbonyl (C=O) groups excluding carboxylic acids is 4. The van der Waals surface area contributed by atoms with Crippen molar-refractivity contribution in [2.45, 2.75) is 115 Å². The first-order valence-corrected chi connectivity index (χ1v) is 19.8. The van der Waals surface area contributed by atoms with Crippen LogP contribution in [-0.2, 0) is 29.2 Å². The number of carbonyl (C=O) groups is 4. The van der Waals surface area contributed by atoms with Gasteiger partial charge in [-0.25, -0.2) is 13.4 Å². The first-order valence-electron chi connectivity index (χ1n) is 18.2. The molecule has 2 saturated carbocycles. The number of aldehydes is 1. The smallest absolute Gasteiger partial charge is 0.248 e. The lowest BCUT2D eigenvalue weighted by Crippen LogP contribution is -2.47. The van der Waals surface area contributed by atoms with Gasteiger partial charge in [-0.3, -0.25) is 28.9 Å². The van der Waals surface area contributed by atoms with E-state index in [1.54, 1.807) is 13.2 Å². The number of allylic oxidation sites excluding steroid dienone is 2. The predicted molar refractivity (Wildman–Crippen MR) is 194 cm³/mol. The van der Waals surface area contributed by atoms with Gasteiger partial charge >= 0.3 is 0 Å². The molecule has 0 unspecified atom stereocenters. The molecule has 3 fully saturated rings. The number of methoxy groups -OCH3 is 1. The van der Waals surface area contributed by atoms with Crippen LogP contribution in [-0.4, -0.2) is 91.6 Å². The number of aryl methyl sites for hydroxylation is 1. The molecule has 14 heteroatoms. The van der Waals surface area contributed by atoms with Gasteiger partial charge < -0.3 is 19.1 Å². The number of hydrogen-bond donors (Lipinski definition) is 1. The van der Waals surface area contributed by atoms with Crippen molar-refractivity contribution in [1.82, 2.24) is 14.6 Å². The number of hydrogen-bond acceptors (Lipinski definition) is 11. The second kappa shape index (κ2) is 15.3. The fraction of sp³-hybridized carbons (Fsp3) is 0.579. The minimum absolute atomic E-state index is 0.0558. The molecule has 0 bridgehead atoms. The average molecular weight is 737 g/mol. The summed E-state index contributed by atoms with van der Waals surface area (Å²) in [5.41, 5.74) is 0.178.